The van der Waals surface area contributed by atoms with Crippen molar-refractivity contribution in [3.8, 4) is 5.75 Å². The number of fused-ring (bicyclic) bond motifs is 1. The summed E-state index contributed by atoms with van der Waals surface area (Å²) in [6.07, 6.45) is 5.32. The van der Waals surface area contributed by atoms with Gasteiger partial charge in [-0.2, -0.15) is 0 Å². The van der Waals surface area contributed by atoms with Crippen LogP contribution in [0.25, 0.3) is 10.8 Å². The van der Waals surface area contributed by atoms with Gasteiger partial charge in [-0.05, 0) is 48.4 Å². The predicted octanol–water partition coefficient (Wildman–Crippen LogP) is 3.88. The Kier molecular flexibility index (Phi) is 3.12. The van der Waals surface area contributed by atoms with Crippen LogP contribution in [0.1, 0.15) is 31.2 Å². The zero-order valence-electron chi connectivity index (χ0n) is 11.8. The van der Waals surface area contributed by atoms with Crippen molar-refractivity contribution in [3.05, 3.63) is 42.0 Å². The van der Waals surface area contributed by atoms with Crippen LogP contribution in [0.5, 0.6) is 5.75 Å². The van der Waals surface area contributed by atoms with E-state index in [4.69, 9.17) is 4.74 Å². The molecule has 20 heavy (non-hydrogen) atoms. The topological polar surface area (TPSA) is 21.3 Å². The number of rotatable bonds is 6. The average molecular weight is 267 g/mol. The third-order valence-electron chi connectivity index (χ3n) is 4.31. The Bertz CT molecular complexity index is 614. The van der Waals surface area contributed by atoms with E-state index in [0.717, 1.165) is 30.9 Å². The van der Waals surface area contributed by atoms with E-state index in [1.165, 1.54) is 42.0 Å². The van der Waals surface area contributed by atoms with Gasteiger partial charge in [0.15, 0.2) is 0 Å². The summed E-state index contributed by atoms with van der Waals surface area (Å²) in [6.45, 7) is 1.81. The molecule has 4 rings (SSSR count). The highest BCUT2D eigenvalue weighted by Crippen LogP contribution is 2.33. The van der Waals surface area contributed by atoms with Crippen molar-refractivity contribution in [2.45, 2.75) is 38.3 Å². The summed E-state index contributed by atoms with van der Waals surface area (Å²) in [7, 11) is 0. The lowest BCUT2D eigenvalue weighted by atomic mass is 10.0. The van der Waals surface area contributed by atoms with Crippen LogP contribution in [0, 0.1) is 5.92 Å². The zero-order valence-corrected chi connectivity index (χ0v) is 11.8. The van der Waals surface area contributed by atoms with Gasteiger partial charge in [0.05, 0.1) is 6.61 Å². The molecule has 2 fully saturated rings. The summed E-state index contributed by atoms with van der Waals surface area (Å²) in [5.41, 5.74) is 1.33. The monoisotopic (exact) mass is 267 g/mol. The van der Waals surface area contributed by atoms with Gasteiger partial charge < -0.3 is 10.1 Å². The standard InChI is InChI=1S/C18H21NO/c1-2-4-16-14(3-1)7-10-18(20-12-13-5-6-13)17(16)11-19-15-8-9-15/h1-4,7,10,13,15,19H,5-6,8-9,11-12H2. The molecule has 2 nitrogen and oxygen atoms in total. The van der Waals surface area contributed by atoms with Gasteiger partial charge in [0, 0.05) is 18.2 Å². The van der Waals surface area contributed by atoms with E-state index in [2.05, 4.69) is 41.7 Å². The lowest BCUT2D eigenvalue weighted by Gasteiger charge is -2.15. The van der Waals surface area contributed by atoms with Gasteiger partial charge in [-0.15, -0.1) is 0 Å². The van der Waals surface area contributed by atoms with Gasteiger partial charge in [0.1, 0.15) is 5.75 Å². The van der Waals surface area contributed by atoms with Crippen molar-refractivity contribution >= 4 is 10.8 Å². The van der Waals surface area contributed by atoms with Crippen LogP contribution in [0.4, 0.5) is 0 Å². The van der Waals surface area contributed by atoms with Gasteiger partial charge >= 0.3 is 0 Å². The van der Waals surface area contributed by atoms with Crippen molar-refractivity contribution in [3.63, 3.8) is 0 Å². The van der Waals surface area contributed by atoms with E-state index in [-0.39, 0.29) is 0 Å². The first kappa shape index (κ1) is 12.2. The summed E-state index contributed by atoms with van der Waals surface area (Å²) in [5, 5.41) is 6.26. The van der Waals surface area contributed by atoms with E-state index < -0.39 is 0 Å². The minimum atomic E-state index is 0.727. The molecule has 104 valence electrons. The predicted molar refractivity (Wildman–Crippen MR) is 82.0 cm³/mol. The maximum Gasteiger partial charge on any atom is 0.124 e. The minimum absolute atomic E-state index is 0.727. The fraction of sp³-hybridized carbons (Fsp3) is 0.444. The third-order valence-corrected chi connectivity index (χ3v) is 4.31. The molecule has 2 saturated carbocycles. The summed E-state index contributed by atoms with van der Waals surface area (Å²) >= 11 is 0. The van der Waals surface area contributed by atoms with Crippen LogP contribution in [0.15, 0.2) is 36.4 Å². The number of nitrogens with one attached hydrogen (secondary N) is 1. The average Bonchev–Trinajstić information content (AvgIpc) is 3.37. The first-order valence-corrected chi connectivity index (χ1v) is 7.77. The third kappa shape index (κ3) is 2.66. The van der Waals surface area contributed by atoms with Gasteiger partial charge in [0.25, 0.3) is 0 Å². The highest BCUT2D eigenvalue weighted by atomic mass is 16.5. The smallest absolute Gasteiger partial charge is 0.124 e. The maximum atomic E-state index is 6.08. The van der Waals surface area contributed by atoms with Gasteiger partial charge in [0.2, 0.25) is 0 Å². The maximum absolute atomic E-state index is 6.08. The van der Waals surface area contributed by atoms with Crippen LogP contribution in [0.3, 0.4) is 0 Å². The molecule has 0 heterocycles. The first-order chi connectivity index (χ1) is 9.90. The van der Waals surface area contributed by atoms with E-state index >= 15 is 0 Å². The molecule has 0 unspecified atom stereocenters. The minimum Gasteiger partial charge on any atom is -0.493 e. The van der Waals surface area contributed by atoms with Gasteiger partial charge in [-0.1, -0.05) is 30.3 Å². The fourth-order valence-corrected chi connectivity index (χ4v) is 2.66. The Hall–Kier alpha value is -1.54. The number of benzene rings is 2. The molecule has 0 amide bonds. The Morgan fingerprint density at radius 2 is 1.85 bits per heavy atom. The van der Waals surface area contributed by atoms with E-state index in [9.17, 15) is 0 Å². The molecule has 0 aliphatic heterocycles. The van der Waals surface area contributed by atoms with Crippen LogP contribution in [-0.4, -0.2) is 12.6 Å². The summed E-state index contributed by atoms with van der Waals surface area (Å²) in [4.78, 5) is 0. The van der Waals surface area contributed by atoms with Crippen LogP contribution >= 0.6 is 0 Å². The second kappa shape index (κ2) is 5.10. The molecule has 2 aromatic carbocycles. The molecule has 0 radical (unpaired) electrons. The SMILES string of the molecule is c1ccc2c(CNC3CC3)c(OCC3CC3)ccc2c1. The number of hydrogen-bond acceptors (Lipinski definition) is 2. The molecule has 2 aliphatic carbocycles. The molecule has 2 heteroatoms. The second-order valence-electron chi connectivity index (χ2n) is 6.17. The van der Waals surface area contributed by atoms with Crippen molar-refractivity contribution in [1.29, 1.82) is 0 Å². The molecule has 0 bridgehead atoms. The van der Waals surface area contributed by atoms with Crippen molar-refractivity contribution < 1.29 is 4.74 Å². The van der Waals surface area contributed by atoms with E-state index in [0.29, 0.717) is 0 Å². The van der Waals surface area contributed by atoms with Crippen LogP contribution in [0.2, 0.25) is 0 Å². The molecule has 0 aromatic heterocycles. The lowest BCUT2D eigenvalue weighted by molar-refractivity contribution is 0.296. The van der Waals surface area contributed by atoms with Gasteiger partial charge in [-0.25, -0.2) is 0 Å². The lowest BCUT2D eigenvalue weighted by Crippen LogP contribution is -2.16. The van der Waals surface area contributed by atoms with E-state index in [1.54, 1.807) is 0 Å². The largest absolute Gasteiger partial charge is 0.493 e. The normalized spacial score (nSPS) is 18.4. The molecule has 2 aromatic rings. The molecular formula is C18H21NO. The molecule has 0 atom stereocenters. The molecular weight excluding hydrogens is 246 g/mol. The van der Waals surface area contributed by atoms with Crippen molar-refractivity contribution in [2.75, 3.05) is 6.61 Å². The quantitative estimate of drug-likeness (QED) is 0.857. The van der Waals surface area contributed by atoms with Crippen molar-refractivity contribution in [2.24, 2.45) is 5.92 Å². The highest BCUT2D eigenvalue weighted by molar-refractivity contribution is 5.87. The summed E-state index contributed by atoms with van der Waals surface area (Å²) in [6, 6.07) is 13.7. The Morgan fingerprint density at radius 3 is 2.65 bits per heavy atom. The summed E-state index contributed by atoms with van der Waals surface area (Å²) < 4.78 is 6.08. The Labute approximate surface area is 120 Å². The fourth-order valence-electron chi connectivity index (χ4n) is 2.66. The second-order valence-corrected chi connectivity index (χ2v) is 6.17. The molecule has 0 spiro atoms. The molecule has 2 aliphatic rings. The van der Waals surface area contributed by atoms with E-state index in [1.807, 2.05) is 0 Å². The van der Waals surface area contributed by atoms with Crippen molar-refractivity contribution in [1.82, 2.24) is 5.32 Å². The zero-order chi connectivity index (χ0) is 13.4. The first-order valence-electron chi connectivity index (χ1n) is 7.77. The summed E-state index contributed by atoms with van der Waals surface area (Å²) in [5.74, 6) is 1.87. The molecule has 0 saturated heterocycles. The number of hydrogen-bond donors (Lipinski definition) is 1. The molecule has 1 N–H and O–H groups in total. The van der Waals surface area contributed by atoms with Crippen LogP contribution < -0.4 is 10.1 Å². The van der Waals surface area contributed by atoms with Crippen LogP contribution in [-0.2, 0) is 6.54 Å². The number of ether oxygens (including phenoxy) is 1. The highest BCUT2D eigenvalue weighted by Gasteiger charge is 2.24. The Balaban J connectivity index is 1.64. The van der Waals surface area contributed by atoms with Gasteiger partial charge in [-0.3, -0.25) is 0 Å². The Morgan fingerprint density at radius 1 is 1.00 bits per heavy atom.